The predicted molar refractivity (Wildman–Crippen MR) is 210 cm³/mol. The molecule has 0 N–H and O–H groups in total. The number of benzene rings is 9. The van der Waals surface area contributed by atoms with Crippen LogP contribution in [0.4, 0.5) is 0 Å². The van der Waals surface area contributed by atoms with E-state index in [1.165, 1.54) is 54.6 Å². The van der Waals surface area contributed by atoms with Gasteiger partial charge in [0.25, 0.3) is 0 Å². The highest BCUT2D eigenvalue weighted by Gasteiger charge is 2.22. The average Bonchev–Trinajstić information content (AvgIpc) is 3.74. The van der Waals surface area contributed by atoms with E-state index in [1.54, 1.807) is 0 Å². The predicted octanol–water partition coefficient (Wildman–Crippen LogP) is 13.9. The molecular weight excluding hydrogens is 609 g/mol. The first-order valence-electron chi connectivity index (χ1n) is 17.1. The fourth-order valence-corrected chi connectivity index (χ4v) is 8.24. The second-order valence-electron chi connectivity index (χ2n) is 13.2. The largest absolute Gasteiger partial charge is 0.456 e. The molecule has 0 radical (unpaired) electrons. The number of hydrogen-bond donors (Lipinski definition) is 0. The van der Waals surface area contributed by atoms with E-state index in [0.717, 1.165) is 55.0 Å². The van der Waals surface area contributed by atoms with E-state index in [9.17, 15) is 0 Å². The number of fused-ring (bicyclic) bond motifs is 9. The van der Waals surface area contributed by atoms with Gasteiger partial charge in [-0.3, -0.25) is 0 Å². The summed E-state index contributed by atoms with van der Waals surface area (Å²) >= 11 is 0. The molecule has 11 rings (SSSR count). The van der Waals surface area contributed by atoms with Gasteiger partial charge in [-0.05, 0) is 84.4 Å². The van der Waals surface area contributed by atoms with E-state index in [4.69, 9.17) is 8.83 Å². The number of hydrogen-bond acceptors (Lipinski definition) is 2. The van der Waals surface area contributed by atoms with Crippen molar-refractivity contribution in [1.82, 2.24) is 0 Å². The SMILES string of the molecule is c1ccc2cc(-c3c4ccccc4c(-c4ccc(-c5c6oc7ccccc7c6cc6oc7ccccc7c56)cc4)c4ccccc34)ccc2c1. The Kier molecular flexibility index (Phi) is 5.70. The van der Waals surface area contributed by atoms with Gasteiger partial charge in [0.05, 0.1) is 0 Å². The Hall–Kier alpha value is -6.64. The maximum absolute atomic E-state index is 6.63. The van der Waals surface area contributed by atoms with Crippen LogP contribution in [0.5, 0.6) is 0 Å². The highest BCUT2D eigenvalue weighted by molar-refractivity contribution is 6.24. The molecule has 2 heterocycles. The fourth-order valence-electron chi connectivity index (χ4n) is 8.24. The van der Waals surface area contributed by atoms with Crippen molar-refractivity contribution in [3.05, 3.63) is 170 Å². The van der Waals surface area contributed by atoms with Gasteiger partial charge in [-0.2, -0.15) is 0 Å². The number of para-hydroxylation sites is 2. The standard InChI is InChI=1S/C48H28O2/c1-2-12-32-27-33(26-21-29(32)11-1)45-37-16-5-3-14-35(37)44(36-15-4-6-17-38(36)45)30-22-24-31(25-23-30)46-47-39-18-8-10-20-42(39)49-43(47)28-40-34-13-7-9-19-41(34)50-48(40)46/h1-28H. The van der Waals surface area contributed by atoms with E-state index in [0.29, 0.717) is 0 Å². The first-order valence-corrected chi connectivity index (χ1v) is 17.1. The molecule has 11 aromatic rings. The summed E-state index contributed by atoms with van der Waals surface area (Å²) in [6.45, 7) is 0. The Balaban J connectivity index is 1.16. The molecule has 2 aromatic heterocycles. The maximum Gasteiger partial charge on any atom is 0.144 e. The molecule has 232 valence electrons. The van der Waals surface area contributed by atoms with Gasteiger partial charge < -0.3 is 8.83 Å². The molecule has 0 atom stereocenters. The molecule has 0 spiro atoms. The normalized spacial score (nSPS) is 12.0. The lowest BCUT2D eigenvalue weighted by Gasteiger charge is -2.18. The van der Waals surface area contributed by atoms with Crippen molar-refractivity contribution in [2.75, 3.05) is 0 Å². The van der Waals surface area contributed by atoms with Crippen LogP contribution in [0.2, 0.25) is 0 Å². The summed E-state index contributed by atoms with van der Waals surface area (Å²) in [5.41, 5.74) is 10.6. The van der Waals surface area contributed by atoms with Gasteiger partial charge >= 0.3 is 0 Å². The quantitative estimate of drug-likeness (QED) is 0.180. The lowest BCUT2D eigenvalue weighted by molar-refractivity contribution is 0.664. The van der Waals surface area contributed by atoms with Gasteiger partial charge in [-0.1, -0.05) is 146 Å². The average molecular weight is 637 g/mol. The van der Waals surface area contributed by atoms with Gasteiger partial charge in [-0.15, -0.1) is 0 Å². The monoisotopic (exact) mass is 636 g/mol. The van der Waals surface area contributed by atoms with Gasteiger partial charge in [0.2, 0.25) is 0 Å². The van der Waals surface area contributed by atoms with E-state index in [2.05, 4.69) is 146 Å². The van der Waals surface area contributed by atoms with Gasteiger partial charge in [0.1, 0.15) is 22.3 Å². The topological polar surface area (TPSA) is 26.3 Å². The zero-order chi connectivity index (χ0) is 32.8. The summed E-state index contributed by atoms with van der Waals surface area (Å²) in [6.07, 6.45) is 0. The molecule has 9 aromatic carbocycles. The molecule has 0 fully saturated rings. The molecule has 50 heavy (non-hydrogen) atoms. The Labute approximate surface area is 287 Å². The highest BCUT2D eigenvalue weighted by atomic mass is 16.3. The summed E-state index contributed by atoms with van der Waals surface area (Å²) < 4.78 is 13.1. The van der Waals surface area contributed by atoms with Crippen LogP contribution in [-0.4, -0.2) is 0 Å². The van der Waals surface area contributed by atoms with Gasteiger partial charge in [0.15, 0.2) is 0 Å². The summed E-state index contributed by atoms with van der Waals surface area (Å²) in [5.74, 6) is 0. The third-order valence-corrected chi connectivity index (χ3v) is 10.4. The zero-order valence-corrected chi connectivity index (χ0v) is 27.0. The summed E-state index contributed by atoms with van der Waals surface area (Å²) in [6, 6.07) is 60.9. The minimum absolute atomic E-state index is 0.866. The second kappa shape index (κ2) is 10.4. The van der Waals surface area contributed by atoms with Crippen LogP contribution in [0, 0.1) is 0 Å². The molecule has 0 bridgehead atoms. The molecule has 2 nitrogen and oxygen atoms in total. The van der Waals surface area contributed by atoms with E-state index < -0.39 is 0 Å². The summed E-state index contributed by atoms with van der Waals surface area (Å²) in [5, 5.41) is 11.8. The number of rotatable bonds is 3. The second-order valence-corrected chi connectivity index (χ2v) is 13.2. The maximum atomic E-state index is 6.63. The van der Waals surface area contributed by atoms with E-state index >= 15 is 0 Å². The Bertz CT molecular complexity index is 3080. The van der Waals surface area contributed by atoms with Gasteiger partial charge in [-0.25, -0.2) is 0 Å². The van der Waals surface area contributed by atoms with Crippen molar-refractivity contribution in [3.63, 3.8) is 0 Å². The summed E-state index contributed by atoms with van der Waals surface area (Å²) in [4.78, 5) is 0. The first kappa shape index (κ1) is 27.3. The van der Waals surface area contributed by atoms with Crippen LogP contribution < -0.4 is 0 Å². The van der Waals surface area contributed by atoms with Crippen molar-refractivity contribution >= 4 is 76.2 Å². The molecule has 2 heteroatoms. The fraction of sp³-hybridized carbons (Fsp3) is 0. The van der Waals surface area contributed by atoms with Crippen molar-refractivity contribution in [1.29, 1.82) is 0 Å². The summed E-state index contributed by atoms with van der Waals surface area (Å²) in [7, 11) is 0. The Morgan fingerprint density at radius 2 is 0.760 bits per heavy atom. The molecule has 0 aliphatic carbocycles. The molecule has 0 saturated carbocycles. The van der Waals surface area contributed by atoms with Crippen LogP contribution in [-0.2, 0) is 0 Å². The van der Waals surface area contributed by atoms with Crippen molar-refractivity contribution in [2.45, 2.75) is 0 Å². The van der Waals surface area contributed by atoms with E-state index in [1.807, 2.05) is 24.3 Å². The van der Waals surface area contributed by atoms with Crippen LogP contribution in [0.3, 0.4) is 0 Å². The first-order chi connectivity index (χ1) is 24.8. The third-order valence-electron chi connectivity index (χ3n) is 10.4. The number of furan rings is 2. The minimum atomic E-state index is 0.866. The lowest BCUT2D eigenvalue weighted by Crippen LogP contribution is -1.91. The van der Waals surface area contributed by atoms with E-state index in [-0.39, 0.29) is 0 Å². The van der Waals surface area contributed by atoms with Crippen molar-refractivity contribution in [3.8, 4) is 33.4 Å². The molecule has 0 amide bonds. The van der Waals surface area contributed by atoms with Crippen LogP contribution in [0.15, 0.2) is 179 Å². The lowest BCUT2D eigenvalue weighted by atomic mass is 9.85. The van der Waals surface area contributed by atoms with Crippen molar-refractivity contribution in [2.24, 2.45) is 0 Å². The molecule has 0 aliphatic heterocycles. The zero-order valence-electron chi connectivity index (χ0n) is 27.0. The van der Waals surface area contributed by atoms with Crippen molar-refractivity contribution < 1.29 is 8.83 Å². The molecule has 0 saturated heterocycles. The minimum Gasteiger partial charge on any atom is -0.456 e. The van der Waals surface area contributed by atoms with Crippen LogP contribution >= 0.6 is 0 Å². The Morgan fingerprint density at radius 1 is 0.280 bits per heavy atom. The molecular formula is C48H28O2. The molecule has 0 unspecified atom stereocenters. The Morgan fingerprint density at radius 3 is 1.42 bits per heavy atom. The third kappa shape index (κ3) is 3.90. The highest BCUT2D eigenvalue weighted by Crippen LogP contribution is 2.47. The van der Waals surface area contributed by atoms with Crippen LogP contribution in [0.25, 0.3) is 110 Å². The van der Waals surface area contributed by atoms with Crippen LogP contribution in [0.1, 0.15) is 0 Å². The van der Waals surface area contributed by atoms with Gasteiger partial charge in [0, 0.05) is 27.1 Å². The molecule has 0 aliphatic rings. The smallest absolute Gasteiger partial charge is 0.144 e.